The van der Waals surface area contributed by atoms with Crippen LogP contribution in [-0.4, -0.2) is 34.8 Å². The standard InChI is InChI=1S/C17H24N2O2S/c1-13-6-5-7-14(10-13)15-8-3-2-4-9-19(15)17(21)12-22-11-16(18)20/h5-7,10,15H,2-4,8-9,11-12H2,1H3,(H2,18,20). The van der Waals surface area contributed by atoms with Gasteiger partial charge in [0, 0.05) is 6.54 Å². The molecule has 0 radical (unpaired) electrons. The monoisotopic (exact) mass is 320 g/mol. The number of benzene rings is 1. The molecule has 1 aromatic carbocycles. The van der Waals surface area contributed by atoms with Crippen LogP contribution in [0.1, 0.15) is 42.9 Å². The summed E-state index contributed by atoms with van der Waals surface area (Å²) in [6.45, 7) is 2.88. The van der Waals surface area contributed by atoms with Gasteiger partial charge in [0.25, 0.3) is 0 Å². The van der Waals surface area contributed by atoms with Crippen molar-refractivity contribution in [3.05, 3.63) is 35.4 Å². The Hall–Kier alpha value is -1.49. The van der Waals surface area contributed by atoms with Crippen molar-refractivity contribution in [2.75, 3.05) is 18.1 Å². The number of hydrogen-bond donors (Lipinski definition) is 1. The third kappa shape index (κ3) is 4.77. The van der Waals surface area contributed by atoms with Crippen molar-refractivity contribution in [1.82, 2.24) is 4.90 Å². The molecule has 1 fully saturated rings. The highest BCUT2D eigenvalue weighted by Crippen LogP contribution is 2.31. The van der Waals surface area contributed by atoms with Gasteiger partial charge in [0.1, 0.15) is 0 Å². The van der Waals surface area contributed by atoms with Gasteiger partial charge in [0.05, 0.1) is 17.5 Å². The number of aryl methyl sites for hydroxylation is 1. The third-order valence-electron chi connectivity index (χ3n) is 3.97. The van der Waals surface area contributed by atoms with Gasteiger partial charge in [0.15, 0.2) is 0 Å². The SMILES string of the molecule is Cc1cccc(C2CCCCCN2C(=O)CSCC(N)=O)c1. The lowest BCUT2D eigenvalue weighted by Gasteiger charge is -2.30. The molecule has 0 saturated carbocycles. The van der Waals surface area contributed by atoms with E-state index < -0.39 is 0 Å². The molecule has 1 unspecified atom stereocenters. The first-order valence-electron chi connectivity index (χ1n) is 7.80. The molecule has 5 heteroatoms. The predicted octanol–water partition coefficient (Wildman–Crippen LogP) is 2.66. The van der Waals surface area contributed by atoms with Crippen molar-refractivity contribution in [2.24, 2.45) is 5.73 Å². The van der Waals surface area contributed by atoms with Gasteiger partial charge < -0.3 is 10.6 Å². The number of rotatable bonds is 5. The number of hydrogen-bond acceptors (Lipinski definition) is 3. The van der Waals surface area contributed by atoms with E-state index in [9.17, 15) is 9.59 Å². The highest BCUT2D eigenvalue weighted by atomic mass is 32.2. The smallest absolute Gasteiger partial charge is 0.233 e. The predicted molar refractivity (Wildman–Crippen MR) is 90.6 cm³/mol. The number of nitrogens with two attached hydrogens (primary N) is 1. The van der Waals surface area contributed by atoms with E-state index in [-0.39, 0.29) is 23.6 Å². The summed E-state index contributed by atoms with van der Waals surface area (Å²) in [6, 6.07) is 8.57. The second-order valence-corrected chi connectivity index (χ2v) is 6.81. The van der Waals surface area contributed by atoms with E-state index in [1.165, 1.54) is 29.3 Å². The molecular weight excluding hydrogens is 296 g/mol. The zero-order valence-corrected chi connectivity index (χ0v) is 13.9. The van der Waals surface area contributed by atoms with Crippen molar-refractivity contribution in [2.45, 2.75) is 38.6 Å². The van der Waals surface area contributed by atoms with Gasteiger partial charge in [-0.2, -0.15) is 0 Å². The van der Waals surface area contributed by atoms with Gasteiger partial charge >= 0.3 is 0 Å². The molecule has 0 aliphatic carbocycles. The molecular formula is C17H24N2O2S. The van der Waals surface area contributed by atoms with Crippen molar-refractivity contribution in [3.8, 4) is 0 Å². The molecule has 2 amide bonds. The van der Waals surface area contributed by atoms with Crippen molar-refractivity contribution in [1.29, 1.82) is 0 Å². The number of primary amides is 1. The maximum Gasteiger partial charge on any atom is 0.233 e. The zero-order chi connectivity index (χ0) is 15.9. The van der Waals surface area contributed by atoms with Gasteiger partial charge in [-0.05, 0) is 25.3 Å². The fourth-order valence-electron chi connectivity index (χ4n) is 2.95. The molecule has 120 valence electrons. The van der Waals surface area contributed by atoms with E-state index in [1.807, 2.05) is 4.90 Å². The van der Waals surface area contributed by atoms with E-state index in [0.29, 0.717) is 5.75 Å². The Morgan fingerprint density at radius 2 is 2.09 bits per heavy atom. The second kappa shape index (κ2) is 8.22. The Morgan fingerprint density at radius 1 is 1.27 bits per heavy atom. The Kier molecular flexibility index (Phi) is 6.31. The van der Waals surface area contributed by atoms with Gasteiger partial charge in [-0.25, -0.2) is 0 Å². The fraction of sp³-hybridized carbons (Fsp3) is 0.529. The molecule has 2 N–H and O–H groups in total. The summed E-state index contributed by atoms with van der Waals surface area (Å²) in [5.41, 5.74) is 7.57. The number of thioether (sulfide) groups is 1. The van der Waals surface area contributed by atoms with Crippen LogP contribution in [0.2, 0.25) is 0 Å². The molecule has 1 aliphatic rings. The molecule has 1 aliphatic heterocycles. The lowest BCUT2D eigenvalue weighted by molar-refractivity contribution is -0.130. The van der Waals surface area contributed by atoms with Crippen LogP contribution in [0, 0.1) is 6.92 Å². The first-order valence-corrected chi connectivity index (χ1v) is 8.95. The van der Waals surface area contributed by atoms with Crippen molar-refractivity contribution < 1.29 is 9.59 Å². The normalized spacial score (nSPS) is 18.8. The van der Waals surface area contributed by atoms with E-state index in [1.54, 1.807) is 0 Å². The third-order valence-corrected chi connectivity index (χ3v) is 4.91. The molecule has 0 spiro atoms. The summed E-state index contributed by atoms with van der Waals surface area (Å²) in [7, 11) is 0. The molecule has 0 bridgehead atoms. The number of likely N-dealkylation sites (tertiary alicyclic amines) is 1. The summed E-state index contributed by atoms with van der Waals surface area (Å²) in [5, 5.41) is 0. The minimum atomic E-state index is -0.371. The molecule has 2 rings (SSSR count). The Balaban J connectivity index is 2.10. The van der Waals surface area contributed by atoms with Gasteiger partial charge in [-0.15, -0.1) is 11.8 Å². The van der Waals surface area contributed by atoms with Gasteiger partial charge in [-0.3, -0.25) is 9.59 Å². The molecule has 1 atom stereocenters. The van der Waals surface area contributed by atoms with Crippen molar-refractivity contribution >= 4 is 23.6 Å². The highest BCUT2D eigenvalue weighted by Gasteiger charge is 2.26. The Morgan fingerprint density at radius 3 is 2.82 bits per heavy atom. The van der Waals surface area contributed by atoms with Crippen LogP contribution in [0.4, 0.5) is 0 Å². The summed E-state index contributed by atoms with van der Waals surface area (Å²) in [5.74, 6) is 0.267. The van der Waals surface area contributed by atoms with Gasteiger partial charge in [0.2, 0.25) is 11.8 Å². The fourth-order valence-corrected chi connectivity index (χ4v) is 3.60. The summed E-state index contributed by atoms with van der Waals surface area (Å²) < 4.78 is 0. The van der Waals surface area contributed by atoms with Gasteiger partial charge in [-0.1, -0.05) is 42.7 Å². The molecule has 1 heterocycles. The quantitative estimate of drug-likeness (QED) is 0.907. The number of carbonyl (C=O) groups is 2. The van der Waals surface area contributed by atoms with E-state index in [2.05, 4.69) is 31.2 Å². The molecule has 1 saturated heterocycles. The maximum atomic E-state index is 12.6. The zero-order valence-electron chi connectivity index (χ0n) is 13.1. The Labute approximate surface area is 136 Å². The molecule has 4 nitrogen and oxygen atoms in total. The molecule has 22 heavy (non-hydrogen) atoms. The molecule has 1 aromatic rings. The summed E-state index contributed by atoms with van der Waals surface area (Å²) in [6.07, 6.45) is 4.38. The van der Waals surface area contributed by atoms with Crippen LogP contribution in [0.25, 0.3) is 0 Å². The first kappa shape index (κ1) is 16.9. The maximum absolute atomic E-state index is 12.6. The highest BCUT2D eigenvalue weighted by molar-refractivity contribution is 8.00. The van der Waals surface area contributed by atoms with Crippen molar-refractivity contribution in [3.63, 3.8) is 0 Å². The van der Waals surface area contributed by atoms with E-state index in [0.717, 1.165) is 25.8 Å². The Bertz CT molecular complexity index is 533. The van der Waals surface area contributed by atoms with E-state index >= 15 is 0 Å². The largest absolute Gasteiger partial charge is 0.369 e. The second-order valence-electron chi connectivity index (χ2n) is 5.83. The minimum absolute atomic E-state index is 0.111. The van der Waals surface area contributed by atoms with Crippen LogP contribution >= 0.6 is 11.8 Å². The lowest BCUT2D eigenvalue weighted by Crippen LogP contribution is -2.36. The van der Waals surface area contributed by atoms with Crippen LogP contribution < -0.4 is 5.73 Å². The minimum Gasteiger partial charge on any atom is -0.369 e. The van der Waals surface area contributed by atoms with Crippen LogP contribution in [-0.2, 0) is 9.59 Å². The lowest BCUT2D eigenvalue weighted by atomic mass is 9.99. The average Bonchev–Trinajstić information content (AvgIpc) is 2.72. The van der Waals surface area contributed by atoms with E-state index in [4.69, 9.17) is 5.73 Å². The summed E-state index contributed by atoms with van der Waals surface area (Å²) in [4.78, 5) is 25.4. The van der Waals surface area contributed by atoms with Crippen LogP contribution in [0.5, 0.6) is 0 Å². The number of carbonyl (C=O) groups excluding carboxylic acids is 2. The number of nitrogens with zero attached hydrogens (tertiary/aromatic N) is 1. The first-order chi connectivity index (χ1) is 10.6. The number of amides is 2. The van der Waals surface area contributed by atoms with Crippen LogP contribution in [0.15, 0.2) is 24.3 Å². The molecule has 0 aromatic heterocycles. The average molecular weight is 320 g/mol. The topological polar surface area (TPSA) is 63.4 Å². The summed E-state index contributed by atoms with van der Waals surface area (Å²) >= 11 is 1.30. The van der Waals surface area contributed by atoms with Crippen LogP contribution in [0.3, 0.4) is 0 Å².